The van der Waals surface area contributed by atoms with Crippen molar-refractivity contribution in [2.24, 2.45) is 10.2 Å². The molecule has 0 aromatic rings. The van der Waals surface area contributed by atoms with Gasteiger partial charge in [-0.3, -0.25) is 0 Å². The molecule has 3 heteroatoms. The average Bonchev–Trinajstić information content (AvgIpc) is 2.32. The summed E-state index contributed by atoms with van der Waals surface area (Å²) in [5.41, 5.74) is 0. The lowest BCUT2D eigenvalue weighted by Gasteiger charge is -2.08. The van der Waals surface area contributed by atoms with E-state index in [1.54, 1.807) is 0 Å². The summed E-state index contributed by atoms with van der Waals surface area (Å²) in [5.74, 6) is 0. The van der Waals surface area contributed by atoms with Crippen molar-refractivity contribution in [1.82, 2.24) is 0 Å². The van der Waals surface area contributed by atoms with Crippen LogP contribution in [-0.4, -0.2) is 11.0 Å². The van der Waals surface area contributed by atoms with Crippen LogP contribution in [0.4, 0.5) is 0 Å². The third-order valence-electron chi connectivity index (χ3n) is 1.78. The molecule has 0 heterocycles. The molecule has 0 aliphatic heterocycles. The molecular weight excluding hydrogens is 160 g/mol. The minimum absolute atomic E-state index is 0.452. The highest BCUT2D eigenvalue weighted by Gasteiger charge is 2.16. The Morgan fingerprint density at radius 1 is 1.27 bits per heavy atom. The Kier molecular flexibility index (Phi) is 2.88. The highest BCUT2D eigenvalue weighted by molar-refractivity contribution is 6.23. The molecule has 0 bridgehead atoms. The van der Waals surface area contributed by atoms with E-state index in [1.165, 1.54) is 25.7 Å². The van der Waals surface area contributed by atoms with Crippen LogP contribution in [-0.2, 0) is 0 Å². The van der Waals surface area contributed by atoms with Crippen molar-refractivity contribution < 1.29 is 0 Å². The third kappa shape index (κ3) is 3.71. The third-order valence-corrected chi connectivity index (χ3v) is 1.86. The Hall–Kier alpha value is -0.110. The van der Waals surface area contributed by atoms with Crippen LogP contribution in [0, 0.1) is 0 Å². The lowest BCUT2D eigenvalue weighted by molar-refractivity contribution is 0.592. The van der Waals surface area contributed by atoms with E-state index >= 15 is 0 Å². The van der Waals surface area contributed by atoms with Gasteiger partial charge in [-0.2, -0.15) is 10.2 Å². The smallest absolute Gasteiger partial charge is 0.149 e. The SMILES string of the molecule is CC(C)(Cl)N=NC1CCCC1. The fourth-order valence-corrected chi connectivity index (χ4v) is 1.28. The van der Waals surface area contributed by atoms with Gasteiger partial charge in [0, 0.05) is 0 Å². The van der Waals surface area contributed by atoms with Gasteiger partial charge < -0.3 is 0 Å². The van der Waals surface area contributed by atoms with Crippen molar-refractivity contribution in [3.8, 4) is 0 Å². The number of hydrogen-bond donors (Lipinski definition) is 0. The van der Waals surface area contributed by atoms with Gasteiger partial charge in [0.1, 0.15) is 5.00 Å². The molecule has 0 saturated heterocycles. The zero-order valence-corrected chi connectivity index (χ0v) is 7.93. The maximum Gasteiger partial charge on any atom is 0.149 e. The van der Waals surface area contributed by atoms with E-state index in [-0.39, 0.29) is 0 Å². The molecule has 0 atom stereocenters. The summed E-state index contributed by atoms with van der Waals surface area (Å²) in [6.45, 7) is 3.71. The fourth-order valence-electron chi connectivity index (χ4n) is 1.24. The van der Waals surface area contributed by atoms with Gasteiger partial charge in [-0.1, -0.05) is 24.4 Å². The second kappa shape index (κ2) is 3.53. The molecule has 0 spiro atoms. The van der Waals surface area contributed by atoms with Crippen molar-refractivity contribution >= 4 is 11.6 Å². The summed E-state index contributed by atoms with van der Waals surface area (Å²) >= 11 is 5.85. The molecular formula is C8H15ClN2. The van der Waals surface area contributed by atoms with E-state index in [4.69, 9.17) is 11.6 Å². The number of hydrogen-bond acceptors (Lipinski definition) is 2. The molecule has 0 radical (unpaired) electrons. The minimum atomic E-state index is -0.511. The van der Waals surface area contributed by atoms with Gasteiger partial charge in [0.05, 0.1) is 6.04 Å². The van der Waals surface area contributed by atoms with Gasteiger partial charge >= 0.3 is 0 Å². The molecule has 0 aromatic heterocycles. The molecule has 0 unspecified atom stereocenters. The predicted molar refractivity (Wildman–Crippen MR) is 47.0 cm³/mol. The van der Waals surface area contributed by atoms with Crippen LogP contribution in [0.2, 0.25) is 0 Å². The molecule has 0 aromatic carbocycles. The van der Waals surface area contributed by atoms with Crippen molar-refractivity contribution in [3.63, 3.8) is 0 Å². The summed E-state index contributed by atoms with van der Waals surface area (Å²) in [6, 6.07) is 0.452. The Labute approximate surface area is 73.0 Å². The molecule has 0 amide bonds. The fraction of sp³-hybridized carbons (Fsp3) is 1.00. The molecule has 64 valence electrons. The first-order valence-corrected chi connectivity index (χ1v) is 4.57. The van der Waals surface area contributed by atoms with Gasteiger partial charge in [-0.15, -0.1) is 0 Å². The Morgan fingerprint density at radius 3 is 2.27 bits per heavy atom. The van der Waals surface area contributed by atoms with E-state index in [2.05, 4.69) is 10.2 Å². The number of azo groups is 1. The van der Waals surface area contributed by atoms with Gasteiger partial charge in [0.15, 0.2) is 0 Å². The summed E-state index contributed by atoms with van der Waals surface area (Å²) in [5, 5.41) is 8.22. The van der Waals surface area contributed by atoms with E-state index in [0.29, 0.717) is 6.04 Å². The van der Waals surface area contributed by atoms with E-state index < -0.39 is 5.00 Å². The van der Waals surface area contributed by atoms with Crippen LogP contribution in [0.1, 0.15) is 39.5 Å². The second-order valence-electron chi connectivity index (χ2n) is 3.56. The van der Waals surface area contributed by atoms with Crippen molar-refractivity contribution in [2.75, 3.05) is 0 Å². The summed E-state index contributed by atoms with van der Waals surface area (Å²) in [7, 11) is 0. The van der Waals surface area contributed by atoms with Crippen LogP contribution in [0.5, 0.6) is 0 Å². The summed E-state index contributed by atoms with van der Waals surface area (Å²) < 4.78 is 0. The van der Waals surface area contributed by atoms with Crippen LogP contribution >= 0.6 is 11.6 Å². The molecule has 1 aliphatic rings. The zero-order chi connectivity index (χ0) is 8.32. The van der Waals surface area contributed by atoms with Crippen LogP contribution < -0.4 is 0 Å². The van der Waals surface area contributed by atoms with Gasteiger partial charge in [-0.25, -0.2) is 0 Å². The summed E-state index contributed by atoms with van der Waals surface area (Å²) in [6.07, 6.45) is 4.98. The molecule has 1 aliphatic carbocycles. The normalized spacial score (nSPS) is 21.7. The number of rotatable bonds is 2. The molecule has 1 fully saturated rings. The van der Waals surface area contributed by atoms with Crippen LogP contribution in [0.15, 0.2) is 10.2 Å². The maximum absolute atomic E-state index is 5.85. The second-order valence-corrected chi connectivity index (χ2v) is 4.49. The Balaban J connectivity index is 2.34. The van der Waals surface area contributed by atoms with Crippen molar-refractivity contribution in [2.45, 2.75) is 50.6 Å². The first kappa shape index (κ1) is 8.98. The van der Waals surface area contributed by atoms with Gasteiger partial charge in [0.2, 0.25) is 0 Å². The topological polar surface area (TPSA) is 24.7 Å². The highest BCUT2D eigenvalue weighted by Crippen LogP contribution is 2.23. The van der Waals surface area contributed by atoms with Crippen LogP contribution in [0.25, 0.3) is 0 Å². The number of alkyl halides is 1. The van der Waals surface area contributed by atoms with Crippen LogP contribution in [0.3, 0.4) is 0 Å². The molecule has 11 heavy (non-hydrogen) atoms. The number of nitrogens with zero attached hydrogens (tertiary/aromatic N) is 2. The monoisotopic (exact) mass is 174 g/mol. The van der Waals surface area contributed by atoms with Crippen molar-refractivity contribution in [1.29, 1.82) is 0 Å². The van der Waals surface area contributed by atoms with Gasteiger partial charge in [-0.05, 0) is 26.7 Å². The first-order chi connectivity index (χ1) is 5.08. The van der Waals surface area contributed by atoms with Gasteiger partial charge in [0.25, 0.3) is 0 Å². The largest absolute Gasteiger partial charge is 0.189 e. The van der Waals surface area contributed by atoms with Crippen molar-refractivity contribution in [3.05, 3.63) is 0 Å². The van der Waals surface area contributed by atoms with E-state index in [9.17, 15) is 0 Å². The highest BCUT2D eigenvalue weighted by atomic mass is 35.5. The minimum Gasteiger partial charge on any atom is -0.189 e. The Bertz CT molecular complexity index is 143. The molecule has 1 saturated carbocycles. The van der Waals surface area contributed by atoms with E-state index in [0.717, 1.165) is 0 Å². The lowest BCUT2D eigenvalue weighted by atomic mass is 10.3. The quantitative estimate of drug-likeness (QED) is 0.349. The molecule has 1 rings (SSSR count). The zero-order valence-electron chi connectivity index (χ0n) is 7.18. The maximum atomic E-state index is 5.85. The molecule has 2 nitrogen and oxygen atoms in total. The predicted octanol–water partition coefficient (Wildman–Crippen LogP) is 3.36. The molecule has 0 N–H and O–H groups in total. The standard InChI is InChI=1S/C8H15ClN2/c1-8(2,9)11-10-7-5-3-4-6-7/h7H,3-6H2,1-2H3. The average molecular weight is 175 g/mol. The summed E-state index contributed by atoms with van der Waals surface area (Å²) in [4.78, 5) is -0.511. The Morgan fingerprint density at radius 2 is 1.82 bits per heavy atom. The lowest BCUT2D eigenvalue weighted by Crippen LogP contribution is -2.06. The first-order valence-electron chi connectivity index (χ1n) is 4.19. The number of halogens is 1. The van der Waals surface area contributed by atoms with E-state index in [1.807, 2.05) is 13.8 Å².